The zero-order valence-corrected chi connectivity index (χ0v) is 16.5. The minimum absolute atomic E-state index is 0.00637. The molecule has 0 spiro atoms. The van der Waals surface area contributed by atoms with Gasteiger partial charge in [0.1, 0.15) is 5.65 Å². The van der Waals surface area contributed by atoms with Gasteiger partial charge in [0.15, 0.2) is 4.77 Å². The van der Waals surface area contributed by atoms with Crippen molar-refractivity contribution < 1.29 is 17.9 Å². The standard InChI is InChI=1S/C19H15ClF3N3O2S/c20-11-5-3-10(4-6-11)14-8-13(19(21,22)23)15-16(24-14)26(18(29)25-17(15)27)9-12-2-1-7-28-12/h3-6,8,12H,1-2,7,9H2,(H,25,27,29)/t12-/m1/s1. The Hall–Kier alpha value is -2.23. The molecule has 1 atom stereocenters. The van der Waals surface area contributed by atoms with E-state index in [2.05, 4.69) is 9.97 Å². The largest absolute Gasteiger partial charge is 0.417 e. The van der Waals surface area contributed by atoms with Crippen molar-refractivity contribution >= 4 is 34.9 Å². The lowest BCUT2D eigenvalue weighted by Crippen LogP contribution is -2.24. The molecule has 1 fully saturated rings. The van der Waals surface area contributed by atoms with Gasteiger partial charge in [-0.25, -0.2) is 4.98 Å². The van der Waals surface area contributed by atoms with Crippen molar-refractivity contribution in [2.24, 2.45) is 0 Å². The molecule has 29 heavy (non-hydrogen) atoms. The Morgan fingerprint density at radius 3 is 2.66 bits per heavy atom. The number of aromatic nitrogens is 3. The van der Waals surface area contributed by atoms with Crippen molar-refractivity contribution in [1.82, 2.24) is 14.5 Å². The highest BCUT2D eigenvalue weighted by molar-refractivity contribution is 7.71. The smallest absolute Gasteiger partial charge is 0.376 e. The second-order valence-electron chi connectivity index (χ2n) is 6.76. The second kappa shape index (κ2) is 7.55. The number of nitrogens with one attached hydrogen (secondary N) is 1. The highest BCUT2D eigenvalue weighted by atomic mass is 35.5. The average molecular weight is 442 g/mol. The van der Waals surface area contributed by atoms with Crippen LogP contribution in [0.1, 0.15) is 18.4 Å². The number of benzene rings is 1. The van der Waals surface area contributed by atoms with Gasteiger partial charge in [0.05, 0.1) is 29.3 Å². The summed E-state index contributed by atoms with van der Waals surface area (Å²) in [7, 11) is 0. The summed E-state index contributed by atoms with van der Waals surface area (Å²) in [5.74, 6) is 0. The van der Waals surface area contributed by atoms with Crippen LogP contribution in [0, 0.1) is 4.77 Å². The van der Waals surface area contributed by atoms with Crippen LogP contribution in [-0.2, 0) is 17.5 Å². The molecule has 152 valence electrons. The van der Waals surface area contributed by atoms with E-state index in [0.29, 0.717) is 17.2 Å². The molecule has 0 saturated carbocycles. The lowest BCUT2D eigenvalue weighted by Gasteiger charge is -2.18. The van der Waals surface area contributed by atoms with Crippen LogP contribution in [0.3, 0.4) is 0 Å². The molecule has 0 amide bonds. The summed E-state index contributed by atoms with van der Waals surface area (Å²) < 4.78 is 48.5. The van der Waals surface area contributed by atoms with Crippen molar-refractivity contribution in [3.63, 3.8) is 0 Å². The molecule has 0 radical (unpaired) electrons. The number of nitrogens with zero attached hydrogens (tertiary/aromatic N) is 2. The Bertz CT molecular complexity index is 1180. The molecule has 1 N–H and O–H groups in total. The summed E-state index contributed by atoms with van der Waals surface area (Å²) in [4.78, 5) is 19.2. The van der Waals surface area contributed by atoms with Gasteiger partial charge in [-0.1, -0.05) is 23.7 Å². The quantitative estimate of drug-likeness (QED) is 0.583. The molecule has 1 aliphatic heterocycles. The summed E-state index contributed by atoms with van der Waals surface area (Å²) in [6.45, 7) is 0.789. The van der Waals surface area contributed by atoms with Crippen LogP contribution in [-0.4, -0.2) is 27.2 Å². The van der Waals surface area contributed by atoms with E-state index in [1.807, 2.05) is 0 Å². The highest BCUT2D eigenvalue weighted by Gasteiger charge is 2.35. The minimum atomic E-state index is -4.75. The van der Waals surface area contributed by atoms with Gasteiger partial charge in [-0.3, -0.25) is 14.3 Å². The lowest BCUT2D eigenvalue weighted by molar-refractivity contribution is -0.136. The molecule has 10 heteroatoms. The molecular weight excluding hydrogens is 427 g/mol. The van der Waals surface area contributed by atoms with E-state index in [1.54, 1.807) is 24.3 Å². The van der Waals surface area contributed by atoms with E-state index in [-0.39, 0.29) is 28.8 Å². The number of H-pyrrole nitrogens is 1. The number of ether oxygens (including phenoxy) is 1. The molecule has 4 rings (SSSR count). The summed E-state index contributed by atoms with van der Waals surface area (Å²) in [6, 6.07) is 7.14. The maximum atomic E-state index is 13.8. The Balaban J connectivity index is 2.02. The molecule has 0 aliphatic carbocycles. The van der Waals surface area contributed by atoms with Crippen LogP contribution < -0.4 is 5.56 Å². The number of halogens is 4. The van der Waals surface area contributed by atoms with E-state index in [4.69, 9.17) is 28.6 Å². The molecular formula is C19H15ClF3N3O2S. The molecule has 1 aromatic carbocycles. The molecule has 3 aromatic rings. The normalized spacial score (nSPS) is 17.2. The third kappa shape index (κ3) is 3.94. The van der Waals surface area contributed by atoms with E-state index < -0.39 is 22.7 Å². The van der Waals surface area contributed by atoms with Crippen LogP contribution in [0.4, 0.5) is 13.2 Å². The van der Waals surface area contributed by atoms with Crippen molar-refractivity contribution in [3.8, 4) is 11.3 Å². The molecule has 2 aromatic heterocycles. The van der Waals surface area contributed by atoms with Gasteiger partial charge < -0.3 is 4.74 Å². The van der Waals surface area contributed by atoms with Crippen LogP contribution in [0.2, 0.25) is 5.02 Å². The number of rotatable bonds is 3. The first-order valence-corrected chi connectivity index (χ1v) is 9.65. The Morgan fingerprint density at radius 1 is 1.31 bits per heavy atom. The SMILES string of the molecule is O=c1[nH]c(=S)n(C[C@H]2CCCO2)c2nc(-c3ccc(Cl)cc3)cc(C(F)(F)F)c12. The number of pyridine rings is 1. The van der Waals surface area contributed by atoms with E-state index in [9.17, 15) is 18.0 Å². The van der Waals surface area contributed by atoms with Gasteiger partial charge >= 0.3 is 6.18 Å². The summed E-state index contributed by atoms with van der Waals surface area (Å²) in [5.41, 5.74) is -1.59. The highest BCUT2D eigenvalue weighted by Crippen LogP contribution is 2.36. The lowest BCUT2D eigenvalue weighted by atomic mass is 10.1. The van der Waals surface area contributed by atoms with Crippen molar-refractivity contribution in [1.29, 1.82) is 0 Å². The van der Waals surface area contributed by atoms with Gasteiger partial charge in [-0.2, -0.15) is 13.2 Å². The minimum Gasteiger partial charge on any atom is -0.376 e. The number of alkyl halides is 3. The van der Waals surface area contributed by atoms with Crippen LogP contribution in [0.5, 0.6) is 0 Å². The van der Waals surface area contributed by atoms with Crippen LogP contribution >= 0.6 is 23.8 Å². The van der Waals surface area contributed by atoms with Gasteiger partial charge in [0.2, 0.25) is 0 Å². The van der Waals surface area contributed by atoms with Crippen molar-refractivity contribution in [2.75, 3.05) is 6.61 Å². The van der Waals surface area contributed by atoms with Crippen molar-refractivity contribution in [2.45, 2.75) is 31.7 Å². The van der Waals surface area contributed by atoms with Crippen LogP contribution in [0.25, 0.3) is 22.3 Å². The fourth-order valence-corrected chi connectivity index (χ4v) is 3.81. The summed E-state index contributed by atoms with van der Waals surface area (Å²) in [5, 5.41) is -0.0925. The molecule has 1 saturated heterocycles. The first-order chi connectivity index (χ1) is 13.7. The first kappa shape index (κ1) is 20.1. The fourth-order valence-electron chi connectivity index (χ4n) is 3.43. The Kier molecular flexibility index (Phi) is 5.22. The van der Waals surface area contributed by atoms with E-state index in [0.717, 1.165) is 18.9 Å². The first-order valence-electron chi connectivity index (χ1n) is 8.86. The molecule has 0 bridgehead atoms. The number of hydrogen-bond acceptors (Lipinski definition) is 4. The number of aromatic amines is 1. The zero-order chi connectivity index (χ0) is 20.8. The van der Waals surface area contributed by atoms with Gasteiger partial charge in [-0.05, 0) is 43.3 Å². The van der Waals surface area contributed by atoms with E-state index >= 15 is 0 Å². The van der Waals surface area contributed by atoms with Gasteiger partial charge in [-0.15, -0.1) is 0 Å². The van der Waals surface area contributed by atoms with Crippen LogP contribution in [0.15, 0.2) is 35.1 Å². The monoisotopic (exact) mass is 441 g/mol. The third-order valence-electron chi connectivity index (χ3n) is 4.80. The molecule has 0 unspecified atom stereocenters. The Morgan fingerprint density at radius 2 is 2.03 bits per heavy atom. The topological polar surface area (TPSA) is 59.9 Å². The summed E-state index contributed by atoms with van der Waals surface area (Å²) >= 11 is 11.1. The van der Waals surface area contributed by atoms with E-state index in [1.165, 1.54) is 4.57 Å². The predicted molar refractivity (Wildman–Crippen MR) is 106 cm³/mol. The Labute approximate surface area is 173 Å². The van der Waals surface area contributed by atoms with Gasteiger partial charge in [0, 0.05) is 17.2 Å². The molecule has 3 heterocycles. The number of hydrogen-bond donors (Lipinski definition) is 1. The van der Waals surface area contributed by atoms with Crippen molar-refractivity contribution in [3.05, 3.63) is 56.0 Å². The third-order valence-corrected chi connectivity index (χ3v) is 5.38. The fraction of sp³-hybridized carbons (Fsp3) is 0.316. The zero-order valence-electron chi connectivity index (χ0n) is 14.9. The maximum absolute atomic E-state index is 13.8. The molecule has 5 nitrogen and oxygen atoms in total. The second-order valence-corrected chi connectivity index (χ2v) is 7.59. The maximum Gasteiger partial charge on any atom is 0.417 e. The van der Waals surface area contributed by atoms with Gasteiger partial charge in [0.25, 0.3) is 5.56 Å². The predicted octanol–water partition coefficient (Wildman–Crippen LogP) is 4.97. The molecule has 1 aliphatic rings. The summed E-state index contributed by atoms with van der Waals surface area (Å²) in [6.07, 6.45) is -3.34. The average Bonchev–Trinajstić information content (AvgIpc) is 3.17. The number of fused-ring (bicyclic) bond motifs is 1.